The molecule has 4 heteroatoms. The van der Waals surface area contributed by atoms with Gasteiger partial charge in [0.05, 0.1) is 0 Å². The van der Waals surface area contributed by atoms with Crippen LogP contribution in [0.3, 0.4) is 0 Å². The summed E-state index contributed by atoms with van der Waals surface area (Å²) < 4.78 is 5.47. The highest BCUT2D eigenvalue weighted by atomic mass is 32.2. The summed E-state index contributed by atoms with van der Waals surface area (Å²) in [5.74, 6) is 1.43. The second-order valence-corrected chi connectivity index (χ2v) is 6.90. The van der Waals surface area contributed by atoms with E-state index < -0.39 is 0 Å². The molecule has 2 rings (SSSR count). The van der Waals surface area contributed by atoms with E-state index in [0.29, 0.717) is 17.4 Å². The van der Waals surface area contributed by atoms with Crippen molar-refractivity contribution in [3.8, 4) is 0 Å². The van der Waals surface area contributed by atoms with Gasteiger partial charge < -0.3 is 9.64 Å². The maximum atomic E-state index is 12.5. The molecule has 0 bridgehead atoms. The molecule has 104 valence electrons. The van der Waals surface area contributed by atoms with Gasteiger partial charge in [0, 0.05) is 37.5 Å². The molecule has 0 aromatic heterocycles. The van der Waals surface area contributed by atoms with E-state index in [0.717, 1.165) is 44.8 Å². The van der Waals surface area contributed by atoms with Crippen molar-refractivity contribution in [2.24, 2.45) is 11.3 Å². The Hall–Kier alpha value is -0.220. The number of hydrogen-bond donors (Lipinski definition) is 0. The van der Waals surface area contributed by atoms with Gasteiger partial charge in [0.2, 0.25) is 5.91 Å². The summed E-state index contributed by atoms with van der Waals surface area (Å²) in [6.45, 7) is 6.95. The molecule has 2 heterocycles. The average molecular weight is 271 g/mol. The molecule has 2 unspecified atom stereocenters. The van der Waals surface area contributed by atoms with Gasteiger partial charge in [-0.2, -0.15) is 11.8 Å². The number of carbonyl (C=O) groups is 1. The number of hydrogen-bond acceptors (Lipinski definition) is 3. The predicted octanol–water partition coefficient (Wildman–Crippen LogP) is 2.40. The zero-order chi connectivity index (χ0) is 13.2. The number of ether oxygens (including phenoxy) is 1. The maximum Gasteiger partial charge on any atom is 0.226 e. The molecule has 18 heavy (non-hydrogen) atoms. The van der Waals surface area contributed by atoms with Crippen molar-refractivity contribution >= 4 is 17.7 Å². The van der Waals surface area contributed by atoms with Gasteiger partial charge in [-0.3, -0.25) is 4.79 Å². The summed E-state index contributed by atoms with van der Waals surface area (Å²) in [6.07, 6.45) is 5.47. The molecule has 0 N–H and O–H groups in total. The first-order chi connectivity index (χ1) is 8.58. The van der Waals surface area contributed by atoms with Crippen LogP contribution in [-0.4, -0.2) is 48.6 Å². The molecule has 1 amide bonds. The quantitative estimate of drug-likeness (QED) is 0.789. The molecule has 0 aromatic rings. The second kappa shape index (κ2) is 5.83. The lowest BCUT2D eigenvalue weighted by molar-refractivity contribution is -0.135. The molecule has 1 spiro atoms. The highest BCUT2D eigenvalue weighted by Crippen LogP contribution is 2.43. The van der Waals surface area contributed by atoms with E-state index in [4.69, 9.17) is 4.74 Å². The van der Waals surface area contributed by atoms with Crippen LogP contribution in [0.15, 0.2) is 0 Å². The first-order valence-electron chi connectivity index (χ1n) is 6.95. The lowest BCUT2D eigenvalue weighted by atomic mass is 9.78. The predicted molar refractivity (Wildman–Crippen MR) is 75.8 cm³/mol. The first-order valence-corrected chi connectivity index (χ1v) is 8.34. The molecular weight excluding hydrogens is 246 g/mol. The zero-order valence-corrected chi connectivity index (χ0v) is 12.6. The van der Waals surface area contributed by atoms with Gasteiger partial charge in [0.1, 0.15) is 0 Å². The second-order valence-electron chi connectivity index (χ2n) is 5.99. The van der Waals surface area contributed by atoms with Crippen molar-refractivity contribution in [2.45, 2.75) is 39.2 Å². The van der Waals surface area contributed by atoms with E-state index in [1.54, 1.807) is 11.8 Å². The van der Waals surface area contributed by atoms with E-state index in [1.807, 2.05) is 0 Å². The van der Waals surface area contributed by atoms with Crippen molar-refractivity contribution < 1.29 is 9.53 Å². The van der Waals surface area contributed by atoms with Crippen LogP contribution in [0.25, 0.3) is 0 Å². The summed E-state index contributed by atoms with van der Waals surface area (Å²) in [5, 5.41) is 0. The van der Waals surface area contributed by atoms with Crippen molar-refractivity contribution in [1.29, 1.82) is 0 Å². The Morgan fingerprint density at radius 2 is 2.17 bits per heavy atom. The Morgan fingerprint density at radius 3 is 2.78 bits per heavy atom. The fourth-order valence-electron chi connectivity index (χ4n) is 3.38. The van der Waals surface area contributed by atoms with Gasteiger partial charge in [-0.05, 0) is 37.9 Å². The fraction of sp³-hybridized carbons (Fsp3) is 0.929. The van der Waals surface area contributed by atoms with E-state index >= 15 is 0 Å². The third kappa shape index (κ3) is 2.85. The van der Waals surface area contributed by atoms with E-state index in [9.17, 15) is 4.79 Å². The Kier molecular flexibility index (Phi) is 4.59. The molecule has 2 atom stereocenters. The van der Waals surface area contributed by atoms with Crippen molar-refractivity contribution in [2.75, 3.05) is 31.8 Å². The lowest BCUT2D eigenvalue weighted by Crippen LogP contribution is -2.40. The average Bonchev–Trinajstić information content (AvgIpc) is 2.66. The molecule has 0 radical (unpaired) electrons. The van der Waals surface area contributed by atoms with Crippen LogP contribution >= 0.6 is 11.8 Å². The van der Waals surface area contributed by atoms with Gasteiger partial charge in [0.15, 0.2) is 0 Å². The van der Waals surface area contributed by atoms with Gasteiger partial charge >= 0.3 is 0 Å². The van der Waals surface area contributed by atoms with Crippen molar-refractivity contribution in [3.63, 3.8) is 0 Å². The molecule has 2 fully saturated rings. The van der Waals surface area contributed by atoms with E-state index in [2.05, 4.69) is 25.0 Å². The molecule has 2 aliphatic rings. The van der Waals surface area contributed by atoms with Crippen LogP contribution in [0.1, 0.15) is 33.1 Å². The number of amides is 1. The summed E-state index contributed by atoms with van der Waals surface area (Å²) in [5.41, 5.74) is 0.354. The van der Waals surface area contributed by atoms with Gasteiger partial charge in [0.25, 0.3) is 0 Å². The summed E-state index contributed by atoms with van der Waals surface area (Å²) in [4.78, 5) is 14.6. The van der Waals surface area contributed by atoms with E-state index in [-0.39, 0.29) is 5.92 Å². The lowest BCUT2D eigenvalue weighted by Gasteiger charge is -2.33. The summed E-state index contributed by atoms with van der Waals surface area (Å²) in [7, 11) is 0. The standard InChI is InChI=1S/C14H25NO2S/c1-11(9-18-3)13(16)15-10-14(8-12(15)2)4-6-17-7-5-14/h11-12H,4-10H2,1-3H3. The van der Waals surface area contributed by atoms with Gasteiger partial charge in [-0.1, -0.05) is 6.92 Å². The maximum absolute atomic E-state index is 12.5. The third-order valence-corrected chi connectivity index (χ3v) is 5.27. The SMILES string of the molecule is CSCC(C)C(=O)N1CC2(CCOCC2)CC1C. The molecule has 2 saturated heterocycles. The molecule has 0 saturated carbocycles. The number of rotatable bonds is 3. The molecular formula is C14H25NO2S. The molecule has 0 aliphatic carbocycles. The number of likely N-dealkylation sites (tertiary alicyclic amines) is 1. The minimum Gasteiger partial charge on any atom is -0.381 e. The van der Waals surface area contributed by atoms with Gasteiger partial charge in [-0.25, -0.2) is 0 Å². The highest BCUT2D eigenvalue weighted by Gasteiger charge is 2.45. The zero-order valence-electron chi connectivity index (χ0n) is 11.8. The fourth-order valence-corrected chi connectivity index (χ4v) is 4.03. The Bertz CT molecular complexity index is 302. The number of thioether (sulfide) groups is 1. The van der Waals surface area contributed by atoms with E-state index in [1.165, 1.54) is 0 Å². The molecule has 0 aromatic carbocycles. The minimum absolute atomic E-state index is 0.150. The van der Waals surface area contributed by atoms with Crippen LogP contribution in [0, 0.1) is 11.3 Å². The van der Waals surface area contributed by atoms with Gasteiger partial charge in [-0.15, -0.1) is 0 Å². The topological polar surface area (TPSA) is 29.5 Å². The van der Waals surface area contributed by atoms with Crippen LogP contribution in [0.4, 0.5) is 0 Å². The van der Waals surface area contributed by atoms with Crippen molar-refractivity contribution in [3.05, 3.63) is 0 Å². The Balaban J connectivity index is 2.00. The van der Waals surface area contributed by atoms with Crippen LogP contribution in [0.5, 0.6) is 0 Å². The normalized spacial score (nSPS) is 28.6. The minimum atomic E-state index is 0.150. The summed E-state index contributed by atoms with van der Waals surface area (Å²) >= 11 is 1.76. The summed E-state index contributed by atoms with van der Waals surface area (Å²) in [6, 6.07) is 0.403. The number of nitrogens with zero attached hydrogens (tertiary/aromatic N) is 1. The first kappa shape index (κ1) is 14.2. The Labute approximate surface area is 115 Å². The van der Waals surface area contributed by atoms with Crippen LogP contribution in [0.2, 0.25) is 0 Å². The van der Waals surface area contributed by atoms with Crippen molar-refractivity contribution in [1.82, 2.24) is 4.90 Å². The van der Waals surface area contributed by atoms with Crippen LogP contribution in [-0.2, 0) is 9.53 Å². The largest absolute Gasteiger partial charge is 0.381 e. The number of carbonyl (C=O) groups excluding carboxylic acids is 1. The molecule has 3 nitrogen and oxygen atoms in total. The smallest absolute Gasteiger partial charge is 0.226 e. The third-order valence-electron chi connectivity index (χ3n) is 4.44. The van der Waals surface area contributed by atoms with Crippen LogP contribution < -0.4 is 0 Å². The highest BCUT2D eigenvalue weighted by molar-refractivity contribution is 7.98. The Morgan fingerprint density at radius 1 is 1.50 bits per heavy atom. The monoisotopic (exact) mass is 271 g/mol. The molecule has 2 aliphatic heterocycles.